The molecule has 12 nitrogen and oxygen atoms in total. The Morgan fingerprint density at radius 2 is 1.77 bits per heavy atom. The summed E-state index contributed by atoms with van der Waals surface area (Å²) in [5.41, 5.74) is 0.616. The van der Waals surface area contributed by atoms with E-state index in [0.717, 1.165) is 0 Å². The van der Waals surface area contributed by atoms with Crippen molar-refractivity contribution in [3.8, 4) is 0 Å². The van der Waals surface area contributed by atoms with Crippen LogP contribution in [0.3, 0.4) is 0 Å². The molecule has 4 rings (SSSR count). The minimum atomic E-state index is -3.87. The molecule has 0 radical (unpaired) electrons. The van der Waals surface area contributed by atoms with Gasteiger partial charge in [-0.2, -0.15) is 9.40 Å². The molecular weight excluding hydrogens is 617 g/mol. The van der Waals surface area contributed by atoms with E-state index in [0.29, 0.717) is 25.1 Å². The summed E-state index contributed by atoms with van der Waals surface area (Å²) >= 11 is 12.2. The highest BCUT2D eigenvalue weighted by Gasteiger charge is 2.32. The summed E-state index contributed by atoms with van der Waals surface area (Å²) in [7, 11) is -0.0952. The number of H-pyrrole nitrogens is 1. The fourth-order valence-corrected chi connectivity index (χ4v) is 6.50. The molecule has 0 bridgehead atoms. The van der Waals surface area contributed by atoms with E-state index in [1.807, 2.05) is 19.0 Å². The van der Waals surface area contributed by atoms with Gasteiger partial charge in [-0.15, -0.1) is 0 Å². The number of aromatic nitrogens is 2. The number of carbonyl (C=O) groups is 3. The van der Waals surface area contributed by atoms with Crippen LogP contribution in [0, 0.1) is 0 Å². The third kappa shape index (κ3) is 8.21. The number of hydrogen-bond donors (Lipinski definition) is 4. The summed E-state index contributed by atoms with van der Waals surface area (Å²) < 4.78 is 28.1. The fourth-order valence-electron chi connectivity index (χ4n) is 4.40. The van der Waals surface area contributed by atoms with Gasteiger partial charge in [0.1, 0.15) is 5.69 Å². The van der Waals surface area contributed by atoms with Crippen LogP contribution >= 0.6 is 23.2 Å². The van der Waals surface area contributed by atoms with E-state index in [9.17, 15) is 22.8 Å². The minimum absolute atomic E-state index is 0.00861. The van der Waals surface area contributed by atoms with Gasteiger partial charge in [0.25, 0.3) is 11.8 Å². The Labute approximate surface area is 259 Å². The van der Waals surface area contributed by atoms with Crippen LogP contribution in [-0.2, 0) is 14.8 Å². The topological polar surface area (TPSA) is 157 Å². The number of carbonyl (C=O) groups excluding carboxylic acids is 3. The summed E-state index contributed by atoms with van der Waals surface area (Å²) in [6, 6.07) is 10.1. The van der Waals surface area contributed by atoms with Crippen molar-refractivity contribution < 1.29 is 22.8 Å². The summed E-state index contributed by atoms with van der Waals surface area (Å²) in [4.78, 5) is 40.0. The molecule has 1 atom stereocenters. The number of likely N-dealkylation sites (N-methyl/N-ethyl adjacent to an activating group) is 1. The van der Waals surface area contributed by atoms with Crippen molar-refractivity contribution in [1.82, 2.24) is 24.7 Å². The van der Waals surface area contributed by atoms with Crippen LogP contribution in [0.1, 0.15) is 33.7 Å². The second-order valence-electron chi connectivity index (χ2n) is 10.1. The quantitative estimate of drug-likeness (QED) is 0.245. The number of nitrogens with zero attached hydrogens (tertiary/aromatic N) is 3. The Morgan fingerprint density at radius 1 is 1.07 bits per heavy atom. The number of halogens is 2. The molecular formula is C28H31Cl2N7O5S. The number of hydrogen-bond acceptors (Lipinski definition) is 7. The zero-order valence-corrected chi connectivity index (χ0v) is 25.8. The predicted octanol–water partition coefficient (Wildman–Crippen LogP) is 3.61. The summed E-state index contributed by atoms with van der Waals surface area (Å²) in [5.74, 6) is -1.51. The molecule has 0 unspecified atom stereocenters. The van der Waals surface area contributed by atoms with Crippen molar-refractivity contribution >= 4 is 62.3 Å². The molecule has 1 saturated heterocycles. The standard InChI is InChI=1S/C28H31Cl2N7O5S/c1-36(2)14-5-9-24(38)32-18-10-12-20(13-11-18)43(41,42)37-15-4-6-19(17-37)33-28(40)26-23(16-31-35-26)34-27(39)25-21(29)7-3-8-22(25)30/h3,5,7-13,16,19H,4,6,14-15,17H2,1-2H3,(H,31,35)(H,32,38)(H,33,40)(H,34,39)/b9-5+/t19-/m1/s1. The van der Waals surface area contributed by atoms with Gasteiger partial charge in [-0.25, -0.2) is 8.42 Å². The second-order valence-corrected chi connectivity index (χ2v) is 12.8. The molecule has 1 aliphatic rings. The second kappa shape index (κ2) is 14.1. The van der Waals surface area contributed by atoms with Crippen LogP contribution in [0.15, 0.2) is 65.7 Å². The van der Waals surface area contributed by atoms with Crippen molar-refractivity contribution in [1.29, 1.82) is 0 Å². The average Bonchev–Trinajstić information content (AvgIpc) is 3.41. The molecule has 43 heavy (non-hydrogen) atoms. The third-order valence-electron chi connectivity index (χ3n) is 6.52. The Balaban J connectivity index is 1.38. The van der Waals surface area contributed by atoms with Crippen LogP contribution in [-0.4, -0.2) is 85.3 Å². The summed E-state index contributed by atoms with van der Waals surface area (Å²) in [6.45, 7) is 0.947. The highest BCUT2D eigenvalue weighted by atomic mass is 35.5. The SMILES string of the molecule is CN(C)C/C=C/C(=O)Nc1ccc(S(=O)(=O)N2CCC[C@@H](NC(=O)c3[nH]ncc3NC(=O)c3c(Cl)cccc3Cl)C2)cc1. The number of amides is 3. The molecule has 0 aliphatic carbocycles. The number of nitrogens with one attached hydrogen (secondary N) is 4. The highest BCUT2D eigenvalue weighted by Crippen LogP contribution is 2.26. The lowest BCUT2D eigenvalue weighted by Gasteiger charge is -2.32. The molecule has 2 aromatic carbocycles. The zero-order valence-electron chi connectivity index (χ0n) is 23.4. The summed E-state index contributed by atoms with van der Waals surface area (Å²) in [5, 5.41) is 14.9. The van der Waals surface area contributed by atoms with Gasteiger partial charge in [-0.1, -0.05) is 35.3 Å². The Kier molecular flexibility index (Phi) is 10.6. The monoisotopic (exact) mass is 647 g/mol. The number of sulfonamides is 1. The maximum atomic E-state index is 13.4. The van der Waals surface area contributed by atoms with E-state index in [2.05, 4.69) is 26.1 Å². The molecule has 3 aromatic rings. The Bertz CT molecular complexity index is 1600. The van der Waals surface area contributed by atoms with Crippen LogP contribution in [0.2, 0.25) is 10.0 Å². The van der Waals surface area contributed by atoms with Crippen molar-refractivity contribution in [2.75, 3.05) is 44.4 Å². The number of rotatable bonds is 10. The van der Waals surface area contributed by atoms with Gasteiger partial charge in [0, 0.05) is 37.4 Å². The van der Waals surface area contributed by atoms with Gasteiger partial charge in [-0.05, 0) is 63.3 Å². The van der Waals surface area contributed by atoms with Gasteiger partial charge in [-0.3, -0.25) is 19.5 Å². The minimum Gasteiger partial charge on any atom is -0.347 e. The lowest BCUT2D eigenvalue weighted by molar-refractivity contribution is -0.111. The van der Waals surface area contributed by atoms with E-state index >= 15 is 0 Å². The largest absolute Gasteiger partial charge is 0.347 e. The maximum absolute atomic E-state index is 13.4. The van der Waals surface area contributed by atoms with Crippen molar-refractivity contribution in [3.05, 3.63) is 82.1 Å². The molecule has 4 N–H and O–H groups in total. The van der Waals surface area contributed by atoms with Gasteiger partial charge in [0.05, 0.1) is 32.4 Å². The van der Waals surface area contributed by atoms with Crippen molar-refractivity contribution in [2.24, 2.45) is 0 Å². The first-order valence-electron chi connectivity index (χ1n) is 13.3. The number of aromatic amines is 1. The third-order valence-corrected chi connectivity index (χ3v) is 9.03. The van der Waals surface area contributed by atoms with Gasteiger partial charge >= 0.3 is 0 Å². The Hall–Kier alpha value is -3.75. The molecule has 15 heteroatoms. The molecule has 1 fully saturated rings. The van der Waals surface area contributed by atoms with E-state index in [4.69, 9.17) is 23.2 Å². The molecule has 0 saturated carbocycles. The molecule has 2 heterocycles. The average molecular weight is 649 g/mol. The van der Waals surface area contributed by atoms with Crippen LogP contribution in [0.25, 0.3) is 0 Å². The first-order chi connectivity index (χ1) is 20.5. The predicted molar refractivity (Wildman–Crippen MR) is 165 cm³/mol. The number of anilines is 2. The smallest absolute Gasteiger partial charge is 0.271 e. The molecule has 1 aromatic heterocycles. The normalized spacial score (nSPS) is 15.9. The van der Waals surface area contributed by atoms with E-state index in [-0.39, 0.29) is 50.9 Å². The van der Waals surface area contributed by atoms with Crippen LogP contribution < -0.4 is 16.0 Å². The Morgan fingerprint density at radius 3 is 2.44 bits per heavy atom. The number of piperidine rings is 1. The highest BCUT2D eigenvalue weighted by molar-refractivity contribution is 7.89. The molecule has 228 valence electrons. The lowest BCUT2D eigenvalue weighted by Crippen LogP contribution is -2.49. The van der Waals surface area contributed by atoms with E-state index < -0.39 is 27.9 Å². The van der Waals surface area contributed by atoms with Crippen molar-refractivity contribution in [3.63, 3.8) is 0 Å². The molecule has 3 amide bonds. The zero-order chi connectivity index (χ0) is 31.1. The molecule has 1 aliphatic heterocycles. The number of benzene rings is 2. The van der Waals surface area contributed by atoms with E-state index in [1.165, 1.54) is 53.0 Å². The van der Waals surface area contributed by atoms with Gasteiger partial charge in [0.2, 0.25) is 15.9 Å². The van der Waals surface area contributed by atoms with Crippen LogP contribution in [0.5, 0.6) is 0 Å². The van der Waals surface area contributed by atoms with Gasteiger partial charge in [0.15, 0.2) is 0 Å². The van der Waals surface area contributed by atoms with Crippen LogP contribution in [0.4, 0.5) is 11.4 Å². The first-order valence-corrected chi connectivity index (χ1v) is 15.5. The molecule has 0 spiro atoms. The van der Waals surface area contributed by atoms with E-state index in [1.54, 1.807) is 12.1 Å². The van der Waals surface area contributed by atoms with Crippen molar-refractivity contribution in [2.45, 2.75) is 23.8 Å². The maximum Gasteiger partial charge on any atom is 0.271 e. The fraction of sp³-hybridized carbons (Fsp3) is 0.286. The first kappa shape index (κ1) is 32.2. The van der Waals surface area contributed by atoms with Gasteiger partial charge < -0.3 is 20.9 Å². The lowest BCUT2D eigenvalue weighted by atomic mass is 10.1. The summed E-state index contributed by atoms with van der Waals surface area (Å²) in [6.07, 6.45) is 5.49.